The number of rotatable bonds is 10. The van der Waals surface area contributed by atoms with Gasteiger partial charge in [0.1, 0.15) is 11.5 Å². The molecule has 3 aromatic carbocycles. The van der Waals surface area contributed by atoms with Crippen molar-refractivity contribution in [3.8, 4) is 22.6 Å². The Balaban J connectivity index is 0.000000280. The molecule has 1 saturated carbocycles. The van der Waals surface area contributed by atoms with Crippen molar-refractivity contribution >= 4 is 4.40 Å². The molecule has 0 spiro atoms. The van der Waals surface area contributed by atoms with Crippen molar-refractivity contribution < 1.29 is 70.5 Å². The second-order valence-corrected chi connectivity index (χ2v) is 26.0. The third kappa shape index (κ3) is 11.8. The zero-order chi connectivity index (χ0) is 39.0. The number of phenols is 2. The molecular formula is C46H69I2MoNO2-2. The molecular weight excluding hydrogens is 948 g/mol. The Morgan fingerprint density at radius 2 is 1.13 bits per heavy atom. The van der Waals surface area contributed by atoms with Crippen molar-refractivity contribution in [2.75, 3.05) is 8.86 Å². The molecule has 2 atom stereocenters. The van der Waals surface area contributed by atoms with E-state index in [-0.39, 0.29) is 45.7 Å². The van der Waals surface area contributed by atoms with Gasteiger partial charge >= 0.3 is 192 Å². The van der Waals surface area contributed by atoms with Crippen LogP contribution in [0.25, 0.3) is 11.1 Å². The number of hydrogen-bond acceptors (Lipinski definition) is 3. The second-order valence-electron chi connectivity index (χ2n) is 17.2. The predicted molar refractivity (Wildman–Crippen MR) is 215 cm³/mol. The molecule has 0 radical (unpaired) electrons. The molecule has 1 aliphatic carbocycles. The van der Waals surface area contributed by atoms with Crippen molar-refractivity contribution in [1.29, 1.82) is 0 Å². The van der Waals surface area contributed by atoms with Gasteiger partial charge in [-0.05, 0) is 60.8 Å². The van der Waals surface area contributed by atoms with E-state index >= 15 is 0 Å². The van der Waals surface area contributed by atoms with Gasteiger partial charge in [0, 0.05) is 22.3 Å². The Hall–Kier alpha value is -0.922. The summed E-state index contributed by atoms with van der Waals surface area (Å²) in [5.41, 5.74) is 8.87. The number of benzene rings is 3. The average molecular weight is 1020 g/mol. The quantitative estimate of drug-likeness (QED) is 0.151. The maximum Gasteiger partial charge on any atom is 0.127 e. The molecule has 52 heavy (non-hydrogen) atoms. The molecule has 0 amide bonds. The summed E-state index contributed by atoms with van der Waals surface area (Å²) in [4.78, 5) is 0. The van der Waals surface area contributed by atoms with Crippen LogP contribution in [0.1, 0.15) is 140 Å². The SMILES string of the molecule is CCC[I-]C1CCCC([I-]CCC)C1[N]=[Mo]=[CH]C(C)(C)c1ccccc1.Cc1cc(C(C)(C)C)c(O)c(-c2c(C)c(C)cc(C(C)(C)C)c2O)c1C. The Bertz CT molecular complexity index is 1600. The maximum atomic E-state index is 11.2. The van der Waals surface area contributed by atoms with E-state index in [4.69, 9.17) is 3.50 Å². The number of aryl methyl sites for hydroxylation is 2. The van der Waals surface area contributed by atoms with Gasteiger partial charge in [0.25, 0.3) is 0 Å². The minimum atomic E-state index is -0.367. The molecule has 0 saturated heterocycles. The first-order valence-corrected chi connectivity index (χ1v) is 26.9. The van der Waals surface area contributed by atoms with Crippen LogP contribution in [0.2, 0.25) is 0 Å². The third-order valence-corrected chi connectivity index (χ3v) is 21.2. The van der Waals surface area contributed by atoms with Crippen LogP contribution in [-0.2, 0) is 34.2 Å². The first-order valence-electron chi connectivity index (χ1n) is 19.3. The van der Waals surface area contributed by atoms with E-state index in [1.165, 1.54) is 46.5 Å². The molecule has 6 heteroatoms. The van der Waals surface area contributed by atoms with E-state index in [9.17, 15) is 10.2 Å². The van der Waals surface area contributed by atoms with E-state index in [1.54, 1.807) is 0 Å². The fourth-order valence-corrected chi connectivity index (χ4v) is 17.9. The van der Waals surface area contributed by atoms with Crippen LogP contribution in [0.3, 0.4) is 0 Å². The van der Waals surface area contributed by atoms with Crippen LogP contribution in [0.5, 0.6) is 11.5 Å². The molecule has 0 aromatic heterocycles. The van der Waals surface area contributed by atoms with Crippen LogP contribution in [-0.4, -0.2) is 37.4 Å². The summed E-state index contributed by atoms with van der Waals surface area (Å²) in [7, 11) is 0. The zero-order valence-electron chi connectivity index (χ0n) is 34.8. The Kier molecular flexibility index (Phi) is 17.3. The molecule has 292 valence electrons. The van der Waals surface area contributed by atoms with Crippen LogP contribution < -0.4 is 42.4 Å². The summed E-state index contributed by atoms with van der Waals surface area (Å²) in [6.07, 6.45) is 7.24. The molecule has 1 fully saturated rings. The standard InChI is InChI=1S/C24H34O2.C12H23I2N.C10H12.Mo/c1-13-11-17(23(5,6)7)21(25)19(15(13)3)20-16(4)14(2)12-18(22(20)26)24(8,9)10;1-3-8-13-10-6-5-7-11(12(10)15)14-9-4-2;1-10(2,3)9-7-5-4-6-8-9;/h11-12,25-26H,1-10H3;10-12H,3-9H2,1-2H3;1,4-8H,2-3H3;/q;-2;;. The molecule has 2 unspecified atom stereocenters. The van der Waals surface area contributed by atoms with Crippen LogP contribution in [0.15, 0.2) is 46.0 Å². The molecule has 3 nitrogen and oxygen atoms in total. The number of halogens is 2. The van der Waals surface area contributed by atoms with Gasteiger partial charge in [-0.1, -0.05) is 53.7 Å². The van der Waals surface area contributed by atoms with Gasteiger partial charge in [-0.3, -0.25) is 0 Å². The summed E-state index contributed by atoms with van der Waals surface area (Å²) < 4.78 is 13.1. The molecule has 3 aromatic rings. The number of alkyl halides is 4. The maximum absolute atomic E-state index is 11.2. The Labute approximate surface area is 347 Å². The van der Waals surface area contributed by atoms with Gasteiger partial charge in [-0.25, -0.2) is 0 Å². The number of phenolic OH excluding ortho intramolecular Hbond substituents is 2. The van der Waals surface area contributed by atoms with E-state index in [2.05, 4.69) is 130 Å². The third-order valence-electron chi connectivity index (χ3n) is 10.2. The largest absolute Gasteiger partial charge is 0.507 e. The molecule has 1 aliphatic rings. The first-order chi connectivity index (χ1) is 24.3. The van der Waals surface area contributed by atoms with E-state index in [1.807, 2.05) is 13.8 Å². The van der Waals surface area contributed by atoms with Crippen LogP contribution in [0, 0.1) is 27.7 Å². The van der Waals surface area contributed by atoms with Gasteiger partial charge in [-0.15, -0.1) is 0 Å². The second kappa shape index (κ2) is 19.8. The van der Waals surface area contributed by atoms with E-state index in [0.29, 0.717) is 42.4 Å². The molecule has 0 aliphatic heterocycles. The number of nitrogens with zero attached hydrogens (tertiary/aromatic N) is 1. The molecule has 0 heterocycles. The average Bonchev–Trinajstić information content (AvgIpc) is 3.07. The van der Waals surface area contributed by atoms with Crippen LogP contribution >= 0.6 is 0 Å². The van der Waals surface area contributed by atoms with Gasteiger partial charge in [0.15, 0.2) is 0 Å². The summed E-state index contributed by atoms with van der Waals surface area (Å²) in [6, 6.07) is 15.9. The predicted octanol–water partition coefficient (Wildman–Crippen LogP) is 5.91. The number of aromatic hydroxyl groups is 2. The summed E-state index contributed by atoms with van der Waals surface area (Å²) >= 11 is 0.353. The Morgan fingerprint density at radius 1 is 0.712 bits per heavy atom. The summed E-state index contributed by atoms with van der Waals surface area (Å²) in [6.45, 7) is 30.3. The van der Waals surface area contributed by atoms with Gasteiger partial charge in [0.2, 0.25) is 0 Å². The fourth-order valence-electron chi connectivity index (χ4n) is 6.77. The van der Waals surface area contributed by atoms with E-state index in [0.717, 1.165) is 58.4 Å². The minimum Gasteiger partial charge on any atom is -0.507 e. The topological polar surface area (TPSA) is 52.8 Å². The summed E-state index contributed by atoms with van der Waals surface area (Å²) in [5, 5.41) is 22.4. The minimum absolute atomic E-state index is 0.170. The normalized spacial score (nSPS) is 18.2. The summed E-state index contributed by atoms with van der Waals surface area (Å²) in [5.74, 6) is 0.564. The zero-order valence-corrected chi connectivity index (χ0v) is 41.1. The molecule has 2 N–H and O–H groups in total. The van der Waals surface area contributed by atoms with Crippen molar-refractivity contribution in [3.05, 3.63) is 81.4 Å². The fraction of sp³-hybridized carbons (Fsp3) is 0.587. The molecule has 0 bridgehead atoms. The van der Waals surface area contributed by atoms with E-state index < -0.39 is 0 Å². The Morgan fingerprint density at radius 3 is 1.52 bits per heavy atom. The van der Waals surface area contributed by atoms with Gasteiger partial charge < -0.3 is 10.2 Å². The van der Waals surface area contributed by atoms with Crippen molar-refractivity contribution in [2.45, 2.75) is 159 Å². The number of hydrogen-bond donors (Lipinski definition) is 2. The van der Waals surface area contributed by atoms with Crippen molar-refractivity contribution in [1.82, 2.24) is 0 Å². The van der Waals surface area contributed by atoms with Gasteiger partial charge in [-0.2, -0.15) is 0 Å². The van der Waals surface area contributed by atoms with Crippen molar-refractivity contribution in [3.63, 3.8) is 0 Å². The van der Waals surface area contributed by atoms with Crippen LogP contribution in [0.4, 0.5) is 0 Å². The first kappa shape index (κ1) is 45.5. The van der Waals surface area contributed by atoms with Crippen molar-refractivity contribution in [2.24, 2.45) is 3.50 Å². The molecule has 4 rings (SSSR count). The van der Waals surface area contributed by atoms with Gasteiger partial charge in [0.05, 0.1) is 0 Å². The smallest absolute Gasteiger partial charge is 0.127 e. The monoisotopic (exact) mass is 1020 g/mol.